The first-order valence-corrected chi connectivity index (χ1v) is 15.5. The van der Waals surface area contributed by atoms with Crippen LogP contribution >= 0.6 is 0 Å². The molecule has 0 saturated carbocycles. The minimum Gasteiger partial charge on any atom is -0.480 e. The van der Waals surface area contributed by atoms with E-state index in [4.69, 9.17) is 17.2 Å². The Bertz CT molecular complexity index is 1190. The highest BCUT2D eigenvalue weighted by Gasteiger charge is 2.38. The average Bonchev–Trinajstić information content (AvgIpc) is 3.46. The van der Waals surface area contributed by atoms with Crippen LogP contribution in [0.4, 0.5) is 0 Å². The number of aliphatic carboxylic acids is 1. The topological polar surface area (TPSA) is 235 Å². The average molecular weight is 631 g/mol. The lowest BCUT2D eigenvalue weighted by atomic mass is 10.0. The molecule has 10 N–H and O–H groups in total. The maximum atomic E-state index is 13.5. The minimum atomic E-state index is -1.19. The zero-order chi connectivity index (χ0) is 33.7. The molecule has 14 nitrogen and oxygen atoms in total. The quantitative estimate of drug-likeness (QED) is 0.0687. The van der Waals surface area contributed by atoms with Gasteiger partial charge in [-0.05, 0) is 55.9 Å². The van der Waals surface area contributed by atoms with Gasteiger partial charge in [0, 0.05) is 13.1 Å². The SMILES string of the molecule is CC(C)C[C@H](NC(=O)[C@H](CCCN=C(N)N)NC(=O)[C@@H](NC(=O)[C@@H]1CCCN1C(=O)[C@H](N)Cc1ccccc1)C(C)C)C(=O)O. The maximum absolute atomic E-state index is 13.5. The first-order chi connectivity index (χ1) is 21.2. The molecule has 1 fully saturated rings. The summed E-state index contributed by atoms with van der Waals surface area (Å²) in [6.45, 7) is 7.73. The van der Waals surface area contributed by atoms with E-state index in [1.54, 1.807) is 13.8 Å². The fourth-order valence-corrected chi connectivity index (χ4v) is 5.25. The molecular formula is C31H50N8O6. The Morgan fingerprint density at radius 1 is 0.978 bits per heavy atom. The van der Waals surface area contributed by atoms with Crippen molar-refractivity contribution in [3.63, 3.8) is 0 Å². The summed E-state index contributed by atoms with van der Waals surface area (Å²) in [7, 11) is 0. The highest BCUT2D eigenvalue weighted by atomic mass is 16.4. The molecule has 1 aliphatic heterocycles. The predicted molar refractivity (Wildman–Crippen MR) is 170 cm³/mol. The molecule has 5 atom stereocenters. The monoisotopic (exact) mass is 630 g/mol. The molecule has 1 aromatic rings. The van der Waals surface area contributed by atoms with E-state index in [-0.39, 0.29) is 43.1 Å². The molecule has 250 valence electrons. The lowest BCUT2D eigenvalue weighted by molar-refractivity contribution is -0.143. The zero-order valence-electron chi connectivity index (χ0n) is 26.7. The smallest absolute Gasteiger partial charge is 0.326 e. The summed E-state index contributed by atoms with van der Waals surface area (Å²) in [4.78, 5) is 70.6. The number of aliphatic imine (C=N–C) groups is 1. The van der Waals surface area contributed by atoms with Crippen LogP contribution in [0.15, 0.2) is 35.3 Å². The largest absolute Gasteiger partial charge is 0.480 e. The maximum Gasteiger partial charge on any atom is 0.326 e. The minimum absolute atomic E-state index is 0.00300. The van der Waals surface area contributed by atoms with Gasteiger partial charge in [0.05, 0.1) is 6.04 Å². The van der Waals surface area contributed by atoms with E-state index in [1.165, 1.54) is 4.90 Å². The second kappa shape index (κ2) is 17.9. The Labute approximate surface area is 264 Å². The fraction of sp³-hybridized carbons (Fsp3) is 0.613. The molecule has 14 heteroatoms. The molecule has 45 heavy (non-hydrogen) atoms. The number of rotatable bonds is 17. The van der Waals surface area contributed by atoms with E-state index < -0.39 is 53.9 Å². The highest BCUT2D eigenvalue weighted by Crippen LogP contribution is 2.20. The first kappa shape index (κ1) is 37.0. The van der Waals surface area contributed by atoms with Gasteiger partial charge in [0.25, 0.3) is 0 Å². The van der Waals surface area contributed by atoms with Crippen LogP contribution in [0.1, 0.15) is 65.4 Å². The van der Waals surface area contributed by atoms with Crippen molar-refractivity contribution in [3.05, 3.63) is 35.9 Å². The molecule has 0 spiro atoms. The van der Waals surface area contributed by atoms with Crippen LogP contribution in [0, 0.1) is 11.8 Å². The molecule has 0 aromatic heterocycles. The molecule has 1 saturated heterocycles. The lowest BCUT2D eigenvalue weighted by Crippen LogP contribution is -2.59. The second-order valence-electron chi connectivity index (χ2n) is 12.3. The van der Waals surface area contributed by atoms with Crippen LogP contribution < -0.4 is 33.2 Å². The Morgan fingerprint density at radius 2 is 1.62 bits per heavy atom. The summed E-state index contributed by atoms with van der Waals surface area (Å²) < 4.78 is 0. The van der Waals surface area contributed by atoms with Gasteiger partial charge >= 0.3 is 5.97 Å². The summed E-state index contributed by atoms with van der Waals surface area (Å²) in [5.74, 6) is -3.80. The van der Waals surface area contributed by atoms with Gasteiger partial charge in [-0.3, -0.25) is 24.2 Å². The third-order valence-corrected chi connectivity index (χ3v) is 7.60. The Hall–Kier alpha value is -4.20. The molecule has 0 aliphatic carbocycles. The van der Waals surface area contributed by atoms with Crippen molar-refractivity contribution in [1.82, 2.24) is 20.9 Å². The molecule has 1 aliphatic rings. The van der Waals surface area contributed by atoms with E-state index in [9.17, 15) is 29.1 Å². The number of hydrogen-bond donors (Lipinski definition) is 7. The number of likely N-dealkylation sites (tertiary alicyclic amines) is 1. The van der Waals surface area contributed by atoms with Crippen LogP contribution in [0.25, 0.3) is 0 Å². The Morgan fingerprint density at radius 3 is 2.20 bits per heavy atom. The summed E-state index contributed by atoms with van der Waals surface area (Å²) >= 11 is 0. The summed E-state index contributed by atoms with van der Waals surface area (Å²) in [5.41, 5.74) is 17.9. The first-order valence-electron chi connectivity index (χ1n) is 15.5. The number of hydrogen-bond acceptors (Lipinski definition) is 7. The summed E-state index contributed by atoms with van der Waals surface area (Å²) in [5, 5.41) is 17.6. The number of nitrogens with one attached hydrogen (secondary N) is 3. The van der Waals surface area contributed by atoms with Crippen molar-refractivity contribution in [2.45, 2.75) is 96.4 Å². The van der Waals surface area contributed by atoms with Gasteiger partial charge in [-0.25, -0.2) is 4.79 Å². The number of carboxylic acid groups (broad SMARTS) is 1. The van der Waals surface area contributed by atoms with E-state index in [0.717, 1.165) is 5.56 Å². The van der Waals surface area contributed by atoms with Gasteiger partial charge < -0.3 is 43.2 Å². The molecule has 0 radical (unpaired) electrons. The number of carboxylic acids is 1. The van der Waals surface area contributed by atoms with Crippen molar-refractivity contribution in [2.75, 3.05) is 13.1 Å². The van der Waals surface area contributed by atoms with Crippen LogP contribution in [0.5, 0.6) is 0 Å². The zero-order valence-corrected chi connectivity index (χ0v) is 26.7. The number of benzene rings is 1. The van der Waals surface area contributed by atoms with Crippen molar-refractivity contribution in [2.24, 2.45) is 34.0 Å². The molecular weight excluding hydrogens is 580 g/mol. The normalized spacial score (nSPS) is 17.2. The van der Waals surface area contributed by atoms with Crippen molar-refractivity contribution in [3.8, 4) is 0 Å². The predicted octanol–water partition coefficient (Wildman–Crippen LogP) is -0.158. The second-order valence-corrected chi connectivity index (χ2v) is 12.3. The Kier molecular flexibility index (Phi) is 14.7. The van der Waals surface area contributed by atoms with Crippen molar-refractivity contribution < 1.29 is 29.1 Å². The van der Waals surface area contributed by atoms with Crippen molar-refractivity contribution >= 4 is 35.6 Å². The lowest BCUT2D eigenvalue weighted by Gasteiger charge is -2.30. The van der Waals surface area contributed by atoms with Crippen LogP contribution in [0.2, 0.25) is 0 Å². The third kappa shape index (κ3) is 12.0. The van der Waals surface area contributed by atoms with Gasteiger partial charge in [-0.15, -0.1) is 0 Å². The number of carbonyl (C=O) groups excluding carboxylic acids is 4. The van der Waals surface area contributed by atoms with E-state index in [2.05, 4.69) is 20.9 Å². The van der Waals surface area contributed by atoms with Gasteiger partial charge in [0.2, 0.25) is 23.6 Å². The van der Waals surface area contributed by atoms with Crippen LogP contribution in [-0.4, -0.2) is 88.9 Å². The van der Waals surface area contributed by atoms with E-state index in [1.807, 2.05) is 44.2 Å². The van der Waals surface area contributed by atoms with Gasteiger partial charge in [-0.2, -0.15) is 0 Å². The van der Waals surface area contributed by atoms with Gasteiger partial charge in [0.1, 0.15) is 24.2 Å². The van der Waals surface area contributed by atoms with Gasteiger partial charge in [0.15, 0.2) is 5.96 Å². The number of nitrogens with zero attached hydrogens (tertiary/aromatic N) is 2. The molecule has 0 unspecified atom stereocenters. The summed E-state index contributed by atoms with van der Waals surface area (Å²) in [6.07, 6.45) is 1.99. The Balaban J connectivity index is 2.15. The number of carbonyl (C=O) groups is 5. The molecule has 4 amide bonds. The van der Waals surface area contributed by atoms with Crippen molar-refractivity contribution in [1.29, 1.82) is 0 Å². The van der Waals surface area contributed by atoms with E-state index >= 15 is 0 Å². The molecule has 2 rings (SSSR count). The number of nitrogens with two attached hydrogens (primary N) is 3. The standard InChI is InChI=1S/C31H50N8O6/c1-18(2)16-23(30(44)45)37-26(40)22(12-8-14-35-31(33)34)36-28(42)25(19(3)4)38-27(41)24-13-9-15-39(24)29(43)21(32)17-20-10-6-5-7-11-20/h5-7,10-11,18-19,21-25H,8-9,12-17,32H2,1-4H3,(H,36,42)(H,37,40)(H,38,41)(H,44,45)(H4,33,34,35)/t21-,22+,23+,24+,25+/m1/s1. The van der Waals surface area contributed by atoms with Crippen LogP contribution in [0.3, 0.4) is 0 Å². The molecule has 1 heterocycles. The summed E-state index contributed by atoms with van der Waals surface area (Å²) in [6, 6.07) is 4.46. The highest BCUT2D eigenvalue weighted by molar-refractivity contribution is 5.95. The van der Waals surface area contributed by atoms with Gasteiger partial charge in [-0.1, -0.05) is 58.0 Å². The fourth-order valence-electron chi connectivity index (χ4n) is 5.25. The molecule has 0 bridgehead atoms. The van der Waals surface area contributed by atoms with E-state index in [0.29, 0.717) is 32.2 Å². The number of amides is 4. The number of guanidine groups is 1. The van der Waals surface area contributed by atoms with Crippen LogP contribution in [-0.2, 0) is 30.4 Å². The third-order valence-electron chi connectivity index (χ3n) is 7.60. The molecule has 1 aromatic carbocycles.